The predicted octanol–water partition coefficient (Wildman–Crippen LogP) is 18.3. The van der Waals surface area contributed by atoms with Crippen LogP contribution in [0.1, 0.15) is 44.5 Å². The SMILES string of the molecule is c1ccc(-c2ccccc2N(c2ccccc2)c2ccc3c(c2)C2(C4=C3C3(c5cc(N(c6ccccc6)c6ccccc6-c6ccccc6)ccc54)c4ccccc4-c4ncccc43)c3ccccc3-c3ncccc32)cc1. The van der Waals surface area contributed by atoms with Crippen LogP contribution in [0.25, 0.3) is 55.9 Å². The van der Waals surface area contributed by atoms with Crippen LogP contribution in [0.2, 0.25) is 0 Å². The zero-order valence-corrected chi connectivity index (χ0v) is 42.5. The van der Waals surface area contributed by atoms with E-state index < -0.39 is 10.8 Å². The molecule has 2 unspecified atom stereocenters. The smallest absolute Gasteiger partial charge is 0.0753 e. The summed E-state index contributed by atoms with van der Waals surface area (Å²) in [7, 11) is 0. The fourth-order valence-electron chi connectivity index (χ4n) is 14.1. The van der Waals surface area contributed by atoms with Gasteiger partial charge in [-0.1, -0.05) is 206 Å². The van der Waals surface area contributed by atoms with Crippen LogP contribution in [0, 0.1) is 0 Å². The summed E-state index contributed by atoms with van der Waals surface area (Å²) in [4.78, 5) is 15.5. The van der Waals surface area contributed by atoms with Crippen molar-refractivity contribution in [1.29, 1.82) is 0 Å². The molecule has 0 radical (unpaired) electrons. The Hall–Kier alpha value is -10.2. The molecule has 4 heteroatoms. The Morgan fingerprint density at radius 2 is 0.590 bits per heavy atom. The van der Waals surface area contributed by atoms with Crippen LogP contribution in [0.3, 0.4) is 0 Å². The molecule has 0 saturated heterocycles. The number of anilines is 6. The Bertz CT molecular complexity index is 4020. The Balaban J connectivity index is 1.02. The summed E-state index contributed by atoms with van der Waals surface area (Å²) in [5.74, 6) is 0. The standard InChI is InChI=1S/C74H48N4/c1-5-23-49(24-6-1)55-31-15-19-39-67(55)77(51-27-9-3-10-28-51)53-41-43-57-65(47-53)73(61-35-17-13-33-59(61)71-63(73)37-21-45-75-71)70-58-44-42-54(48-66(58)74(69(57)70)62-36-18-14-34-60(62)72-64(74)38-22-46-76-72)78(52-29-11-4-12-30-52)68-40-20-16-32-56(68)50-25-7-2-8-26-50/h1-48H. The second-order valence-electron chi connectivity index (χ2n) is 20.7. The van der Waals surface area contributed by atoms with Crippen molar-refractivity contribution < 1.29 is 0 Å². The molecule has 2 aromatic heterocycles. The minimum Gasteiger partial charge on any atom is -0.310 e. The molecule has 78 heavy (non-hydrogen) atoms. The number of aromatic nitrogens is 2. The fraction of sp³-hybridized carbons (Fsp3) is 0.0270. The predicted molar refractivity (Wildman–Crippen MR) is 319 cm³/mol. The second-order valence-corrected chi connectivity index (χ2v) is 20.7. The summed E-state index contributed by atoms with van der Waals surface area (Å²) >= 11 is 0. The summed E-state index contributed by atoms with van der Waals surface area (Å²) < 4.78 is 0. The number of hydrogen-bond acceptors (Lipinski definition) is 4. The highest BCUT2D eigenvalue weighted by atomic mass is 15.2. The van der Waals surface area contributed by atoms with E-state index in [1.807, 2.05) is 12.4 Å². The molecule has 4 aliphatic carbocycles. The number of para-hydroxylation sites is 4. The van der Waals surface area contributed by atoms with Crippen molar-refractivity contribution in [2.45, 2.75) is 10.8 Å². The molecule has 0 aliphatic heterocycles. The monoisotopic (exact) mass is 992 g/mol. The van der Waals surface area contributed by atoms with Crippen molar-refractivity contribution in [2.75, 3.05) is 9.80 Å². The molecule has 4 aliphatic rings. The first-order valence-corrected chi connectivity index (χ1v) is 26.9. The van der Waals surface area contributed by atoms with Crippen molar-refractivity contribution >= 4 is 45.3 Å². The van der Waals surface area contributed by atoms with Crippen molar-refractivity contribution in [1.82, 2.24) is 9.97 Å². The molecular weight excluding hydrogens is 945 g/mol. The van der Waals surface area contributed by atoms with Crippen LogP contribution in [0.15, 0.2) is 291 Å². The third-order valence-electron chi connectivity index (χ3n) is 17.0. The minimum atomic E-state index is -0.763. The number of allylic oxidation sites excluding steroid dienone is 2. The van der Waals surface area contributed by atoms with Crippen LogP contribution in [-0.4, -0.2) is 9.97 Å². The topological polar surface area (TPSA) is 32.3 Å². The lowest BCUT2D eigenvalue weighted by atomic mass is 9.66. The van der Waals surface area contributed by atoms with E-state index in [1.54, 1.807) is 0 Å². The maximum absolute atomic E-state index is 5.31. The molecule has 0 amide bonds. The number of benzene rings is 10. The van der Waals surface area contributed by atoms with Gasteiger partial charge in [-0.15, -0.1) is 0 Å². The first-order valence-electron chi connectivity index (χ1n) is 26.9. The Labute approximate surface area is 454 Å². The van der Waals surface area contributed by atoms with E-state index in [2.05, 4.69) is 289 Å². The van der Waals surface area contributed by atoms with Crippen LogP contribution < -0.4 is 9.80 Å². The number of nitrogens with zero attached hydrogens (tertiary/aromatic N) is 4. The lowest BCUT2D eigenvalue weighted by Crippen LogP contribution is -2.29. The number of pyridine rings is 2. The van der Waals surface area contributed by atoms with Gasteiger partial charge in [0.05, 0.1) is 33.6 Å². The van der Waals surface area contributed by atoms with Gasteiger partial charge >= 0.3 is 0 Å². The van der Waals surface area contributed by atoms with E-state index in [-0.39, 0.29) is 0 Å². The zero-order chi connectivity index (χ0) is 51.4. The lowest BCUT2D eigenvalue weighted by molar-refractivity contribution is 0.823. The van der Waals surface area contributed by atoms with Crippen LogP contribution in [0.4, 0.5) is 34.1 Å². The van der Waals surface area contributed by atoms with Crippen molar-refractivity contribution in [3.05, 3.63) is 336 Å². The van der Waals surface area contributed by atoms with Gasteiger partial charge in [-0.25, -0.2) is 0 Å². The van der Waals surface area contributed by atoms with Gasteiger partial charge in [-0.3, -0.25) is 9.97 Å². The summed E-state index contributed by atoms with van der Waals surface area (Å²) in [6.07, 6.45) is 3.93. The van der Waals surface area contributed by atoms with E-state index in [1.165, 1.54) is 55.7 Å². The number of hydrogen-bond donors (Lipinski definition) is 0. The van der Waals surface area contributed by atoms with Gasteiger partial charge in [0.1, 0.15) is 0 Å². The van der Waals surface area contributed by atoms with Gasteiger partial charge in [0.2, 0.25) is 0 Å². The Kier molecular flexibility index (Phi) is 9.73. The third kappa shape index (κ3) is 6.05. The average molecular weight is 993 g/mol. The first-order chi connectivity index (χ1) is 38.7. The van der Waals surface area contributed by atoms with Crippen molar-refractivity contribution in [2.24, 2.45) is 0 Å². The van der Waals surface area contributed by atoms with Gasteiger partial charge < -0.3 is 9.80 Å². The lowest BCUT2D eigenvalue weighted by Gasteiger charge is -2.36. The summed E-state index contributed by atoms with van der Waals surface area (Å²) in [5, 5.41) is 0. The van der Waals surface area contributed by atoms with Gasteiger partial charge in [0.25, 0.3) is 0 Å². The van der Waals surface area contributed by atoms with E-state index in [4.69, 9.17) is 9.97 Å². The van der Waals surface area contributed by atoms with Crippen LogP contribution >= 0.6 is 0 Å². The van der Waals surface area contributed by atoms with Crippen molar-refractivity contribution in [3.63, 3.8) is 0 Å². The third-order valence-corrected chi connectivity index (χ3v) is 17.0. The molecule has 0 N–H and O–H groups in total. The van der Waals surface area contributed by atoms with Gasteiger partial charge in [0, 0.05) is 57.4 Å². The maximum Gasteiger partial charge on any atom is 0.0753 e. The molecule has 364 valence electrons. The first kappa shape index (κ1) is 44.2. The summed E-state index contributed by atoms with van der Waals surface area (Å²) in [6.45, 7) is 0. The number of fused-ring (bicyclic) bond motifs is 18. The van der Waals surface area contributed by atoms with Gasteiger partial charge in [-0.05, 0) is 140 Å². The van der Waals surface area contributed by atoms with E-state index in [9.17, 15) is 0 Å². The molecule has 2 spiro atoms. The molecular formula is C74H48N4. The van der Waals surface area contributed by atoms with Gasteiger partial charge in [0.15, 0.2) is 0 Å². The summed E-state index contributed by atoms with van der Waals surface area (Å²) in [6, 6.07) is 103. The molecule has 0 fully saturated rings. The van der Waals surface area contributed by atoms with E-state index in [0.717, 1.165) is 78.9 Å². The molecule has 12 aromatic rings. The van der Waals surface area contributed by atoms with E-state index in [0.29, 0.717) is 0 Å². The van der Waals surface area contributed by atoms with Crippen LogP contribution in [-0.2, 0) is 10.8 Å². The quantitative estimate of drug-likeness (QED) is 0.152. The van der Waals surface area contributed by atoms with Crippen molar-refractivity contribution in [3.8, 4) is 44.8 Å². The molecule has 0 saturated carbocycles. The number of rotatable bonds is 8. The maximum atomic E-state index is 5.31. The summed E-state index contributed by atoms with van der Waals surface area (Å²) in [5.41, 5.74) is 26.4. The highest BCUT2D eigenvalue weighted by Crippen LogP contribution is 2.75. The Morgan fingerprint density at radius 3 is 1.01 bits per heavy atom. The highest BCUT2D eigenvalue weighted by Gasteiger charge is 2.64. The van der Waals surface area contributed by atoms with Crippen LogP contribution in [0.5, 0.6) is 0 Å². The average Bonchev–Trinajstić information content (AvgIpc) is 2.18. The minimum absolute atomic E-state index is 0.763. The van der Waals surface area contributed by atoms with Gasteiger partial charge in [-0.2, -0.15) is 0 Å². The molecule has 16 rings (SSSR count). The molecule has 2 heterocycles. The molecule has 0 bridgehead atoms. The second kappa shape index (κ2) is 17.2. The Morgan fingerprint density at radius 1 is 0.244 bits per heavy atom. The van der Waals surface area contributed by atoms with E-state index >= 15 is 0 Å². The zero-order valence-electron chi connectivity index (χ0n) is 42.5. The molecule has 2 atom stereocenters. The molecule has 4 nitrogen and oxygen atoms in total. The largest absolute Gasteiger partial charge is 0.310 e. The molecule has 10 aromatic carbocycles. The normalized spacial score (nSPS) is 16.5. The fourth-order valence-corrected chi connectivity index (χ4v) is 14.1. The highest BCUT2D eigenvalue weighted by molar-refractivity contribution is 6.19.